The van der Waals surface area contributed by atoms with Crippen LogP contribution in [0, 0.1) is 0 Å². The number of hydrogen-bond donors (Lipinski definition) is 0. The zero-order chi connectivity index (χ0) is 45.8. The fourth-order valence-corrected chi connectivity index (χ4v) is 7.64. The number of unbranched alkanes of at least 4 members (excludes halogenated alkanes) is 30. The minimum atomic E-state index is -0.780. The summed E-state index contributed by atoms with van der Waals surface area (Å²) in [4.78, 5) is 38.0. The lowest BCUT2D eigenvalue weighted by molar-refractivity contribution is -0.167. The molecule has 0 unspecified atom stereocenters. The predicted octanol–water partition coefficient (Wildman–Crippen LogP) is 17.9. The molecule has 0 N–H and O–H groups in total. The van der Waals surface area contributed by atoms with Crippen molar-refractivity contribution in [2.24, 2.45) is 0 Å². The Kier molecular flexibility index (Phi) is 49.8. The van der Waals surface area contributed by atoms with E-state index in [1.165, 1.54) is 154 Å². The number of ether oxygens (including phenoxy) is 3. The fraction of sp³-hybridized carbons (Fsp3) is 0.807. The van der Waals surface area contributed by atoms with E-state index in [4.69, 9.17) is 14.2 Å². The standard InChI is InChI=1S/C57H102O6/c1-4-7-10-13-16-19-22-25-26-27-28-29-30-33-35-38-41-44-47-50-56(59)62-53-54(63-57(60)51-48-45-42-39-36-32-24-21-18-15-12-9-6-3)52-61-55(58)49-46-43-40-37-34-31-23-20-17-14-11-8-5-2/h16,19-21,23-26,54H,4-15,17-18,22,27-53H2,1-3H3/b19-16+,23-20+,24-21+,26-25+/t54-/m1/s1. The van der Waals surface area contributed by atoms with Crippen LogP contribution in [0.2, 0.25) is 0 Å². The Balaban J connectivity index is 4.35. The van der Waals surface area contributed by atoms with Gasteiger partial charge in [0.05, 0.1) is 0 Å². The lowest BCUT2D eigenvalue weighted by atomic mass is 10.1. The van der Waals surface area contributed by atoms with Crippen molar-refractivity contribution in [1.29, 1.82) is 0 Å². The number of rotatable bonds is 49. The molecule has 6 nitrogen and oxygen atoms in total. The molecule has 1 atom stereocenters. The number of allylic oxidation sites excluding steroid dienone is 8. The lowest BCUT2D eigenvalue weighted by Crippen LogP contribution is -2.30. The van der Waals surface area contributed by atoms with Crippen molar-refractivity contribution >= 4 is 17.9 Å². The highest BCUT2D eigenvalue weighted by atomic mass is 16.6. The van der Waals surface area contributed by atoms with Crippen molar-refractivity contribution in [2.75, 3.05) is 13.2 Å². The van der Waals surface area contributed by atoms with Gasteiger partial charge in [-0.05, 0) is 103 Å². The highest BCUT2D eigenvalue weighted by molar-refractivity contribution is 5.71. The molecule has 0 rings (SSSR count). The van der Waals surface area contributed by atoms with Gasteiger partial charge in [0, 0.05) is 19.3 Å². The van der Waals surface area contributed by atoms with E-state index in [1.807, 2.05) is 0 Å². The molecule has 366 valence electrons. The monoisotopic (exact) mass is 883 g/mol. The van der Waals surface area contributed by atoms with E-state index in [9.17, 15) is 14.4 Å². The van der Waals surface area contributed by atoms with Crippen LogP contribution < -0.4 is 0 Å². The Morgan fingerprint density at radius 2 is 0.571 bits per heavy atom. The molecule has 0 radical (unpaired) electrons. The number of esters is 3. The molecule has 0 aromatic carbocycles. The van der Waals surface area contributed by atoms with Gasteiger partial charge >= 0.3 is 17.9 Å². The van der Waals surface area contributed by atoms with Crippen molar-refractivity contribution in [3.05, 3.63) is 48.6 Å². The van der Waals surface area contributed by atoms with Gasteiger partial charge in [-0.1, -0.05) is 204 Å². The summed E-state index contributed by atoms with van der Waals surface area (Å²) in [6.07, 6.45) is 62.3. The Morgan fingerprint density at radius 1 is 0.317 bits per heavy atom. The van der Waals surface area contributed by atoms with E-state index in [0.717, 1.165) is 83.5 Å². The topological polar surface area (TPSA) is 78.9 Å². The SMILES string of the molecule is CCCCC/C=C/C/C=C/CCCCCCCCCCCC(=O)OC[C@@H](COC(=O)CCCCCCC/C=C/CCCCCC)OC(=O)CCCCCCC/C=C/CCCCCC. The van der Waals surface area contributed by atoms with E-state index in [1.54, 1.807) is 0 Å². The molecular formula is C57H102O6. The quantitative estimate of drug-likeness (QED) is 0.0262. The van der Waals surface area contributed by atoms with Gasteiger partial charge in [0.15, 0.2) is 6.10 Å². The summed E-state index contributed by atoms with van der Waals surface area (Å²) in [6, 6.07) is 0. The molecule has 0 bridgehead atoms. The van der Waals surface area contributed by atoms with Crippen molar-refractivity contribution in [1.82, 2.24) is 0 Å². The van der Waals surface area contributed by atoms with Crippen LogP contribution in [0.3, 0.4) is 0 Å². The molecule has 0 saturated heterocycles. The third-order valence-corrected chi connectivity index (χ3v) is 11.8. The van der Waals surface area contributed by atoms with Gasteiger partial charge in [-0.25, -0.2) is 0 Å². The van der Waals surface area contributed by atoms with Crippen molar-refractivity contribution in [3.63, 3.8) is 0 Å². The van der Waals surface area contributed by atoms with Crippen LogP contribution in [0.25, 0.3) is 0 Å². The second-order valence-corrected chi connectivity index (χ2v) is 18.1. The Labute approximate surface area is 390 Å². The number of carbonyl (C=O) groups excluding carboxylic acids is 3. The maximum Gasteiger partial charge on any atom is 0.306 e. The minimum Gasteiger partial charge on any atom is -0.462 e. The summed E-state index contributed by atoms with van der Waals surface area (Å²) in [7, 11) is 0. The summed E-state index contributed by atoms with van der Waals surface area (Å²) in [6.45, 7) is 6.58. The molecule has 0 heterocycles. The van der Waals surface area contributed by atoms with Crippen LogP contribution in [0.1, 0.15) is 278 Å². The molecule has 63 heavy (non-hydrogen) atoms. The summed E-state index contributed by atoms with van der Waals surface area (Å²) < 4.78 is 16.8. The average Bonchev–Trinajstić information content (AvgIpc) is 3.28. The molecule has 6 heteroatoms. The number of hydrogen-bond acceptors (Lipinski definition) is 6. The van der Waals surface area contributed by atoms with E-state index in [2.05, 4.69) is 69.4 Å². The highest BCUT2D eigenvalue weighted by Gasteiger charge is 2.19. The molecular weight excluding hydrogens is 781 g/mol. The van der Waals surface area contributed by atoms with Gasteiger partial charge in [-0.3, -0.25) is 14.4 Å². The smallest absolute Gasteiger partial charge is 0.306 e. The molecule has 0 fully saturated rings. The van der Waals surface area contributed by atoms with Crippen LogP contribution >= 0.6 is 0 Å². The Morgan fingerprint density at radius 3 is 0.921 bits per heavy atom. The summed E-state index contributed by atoms with van der Waals surface area (Å²) in [5, 5.41) is 0. The van der Waals surface area contributed by atoms with Gasteiger partial charge in [-0.2, -0.15) is 0 Å². The molecule has 0 aromatic heterocycles. The first-order valence-electron chi connectivity index (χ1n) is 27.1. The van der Waals surface area contributed by atoms with Gasteiger partial charge < -0.3 is 14.2 Å². The first kappa shape index (κ1) is 60.4. The number of carbonyl (C=O) groups is 3. The second kappa shape index (κ2) is 52.0. The van der Waals surface area contributed by atoms with Crippen LogP contribution in [-0.2, 0) is 28.6 Å². The summed E-state index contributed by atoms with van der Waals surface area (Å²) in [5.74, 6) is -0.894. The fourth-order valence-electron chi connectivity index (χ4n) is 7.64. The first-order valence-corrected chi connectivity index (χ1v) is 27.1. The van der Waals surface area contributed by atoms with Gasteiger partial charge in [0.2, 0.25) is 0 Å². The van der Waals surface area contributed by atoms with Crippen LogP contribution in [0.15, 0.2) is 48.6 Å². The van der Waals surface area contributed by atoms with E-state index in [0.29, 0.717) is 19.3 Å². The van der Waals surface area contributed by atoms with Crippen molar-refractivity contribution in [2.45, 2.75) is 284 Å². The van der Waals surface area contributed by atoms with Crippen LogP contribution in [-0.4, -0.2) is 37.2 Å². The maximum absolute atomic E-state index is 12.8. The highest BCUT2D eigenvalue weighted by Crippen LogP contribution is 2.15. The minimum absolute atomic E-state index is 0.0802. The predicted molar refractivity (Wildman–Crippen MR) is 270 cm³/mol. The molecule has 0 aliphatic carbocycles. The van der Waals surface area contributed by atoms with Crippen LogP contribution in [0.5, 0.6) is 0 Å². The van der Waals surface area contributed by atoms with E-state index in [-0.39, 0.29) is 31.1 Å². The van der Waals surface area contributed by atoms with Gasteiger partial charge in [0.1, 0.15) is 13.2 Å². The molecule has 0 aliphatic heterocycles. The Bertz CT molecular complexity index is 1110. The first-order chi connectivity index (χ1) is 31.0. The molecule has 0 aromatic rings. The third kappa shape index (κ3) is 50.2. The molecule has 0 amide bonds. The lowest BCUT2D eigenvalue weighted by Gasteiger charge is -2.18. The zero-order valence-electron chi connectivity index (χ0n) is 41.8. The maximum atomic E-state index is 12.8. The van der Waals surface area contributed by atoms with E-state index >= 15 is 0 Å². The van der Waals surface area contributed by atoms with Crippen molar-refractivity contribution in [3.8, 4) is 0 Å². The van der Waals surface area contributed by atoms with Gasteiger partial charge in [-0.15, -0.1) is 0 Å². The van der Waals surface area contributed by atoms with Crippen LogP contribution in [0.4, 0.5) is 0 Å². The molecule has 0 spiro atoms. The summed E-state index contributed by atoms with van der Waals surface area (Å²) in [5.41, 5.74) is 0. The summed E-state index contributed by atoms with van der Waals surface area (Å²) >= 11 is 0. The second-order valence-electron chi connectivity index (χ2n) is 18.1. The average molecular weight is 883 g/mol. The Hall–Kier alpha value is -2.63. The molecule has 0 aliphatic rings. The van der Waals surface area contributed by atoms with Gasteiger partial charge in [0.25, 0.3) is 0 Å². The molecule has 0 saturated carbocycles. The zero-order valence-corrected chi connectivity index (χ0v) is 41.8. The third-order valence-electron chi connectivity index (χ3n) is 11.8. The van der Waals surface area contributed by atoms with E-state index < -0.39 is 6.10 Å². The normalized spacial score (nSPS) is 12.4. The largest absolute Gasteiger partial charge is 0.462 e. The van der Waals surface area contributed by atoms with Crippen molar-refractivity contribution < 1.29 is 28.6 Å².